The lowest BCUT2D eigenvalue weighted by Crippen LogP contribution is -2.40. The van der Waals surface area contributed by atoms with Crippen LogP contribution >= 0.6 is 0 Å². The van der Waals surface area contributed by atoms with E-state index in [0.29, 0.717) is 61.8 Å². The number of benzene rings is 2. The third-order valence-corrected chi connectivity index (χ3v) is 9.71. The summed E-state index contributed by atoms with van der Waals surface area (Å²) >= 11 is 0. The van der Waals surface area contributed by atoms with Crippen molar-refractivity contribution in [2.75, 3.05) is 44.4 Å². The fourth-order valence-corrected chi connectivity index (χ4v) is 6.95. The molecule has 1 fully saturated rings. The zero-order chi connectivity index (χ0) is 30.0. The molecule has 3 heterocycles. The van der Waals surface area contributed by atoms with Crippen LogP contribution in [0.4, 0.5) is 5.69 Å². The molecule has 0 spiro atoms. The number of rotatable bonds is 9. The second kappa shape index (κ2) is 12.2. The van der Waals surface area contributed by atoms with Gasteiger partial charge in [-0.2, -0.15) is 4.31 Å². The number of esters is 1. The standard InChI is InChI=1S/C32H37N3O6S/c1-5-7-16-41-32(37)24-8-10-26(11-9-24)35-22(3)19-25(23(35)4)20-29-28-21-27(12-13-30(28)34(6-2)31(29)36)42(38,39)33-14-17-40-18-15-33/h8-13,19-21H,5-7,14-18H2,1-4H3/b29-20+. The van der Waals surface area contributed by atoms with Crippen LogP contribution < -0.4 is 4.90 Å². The molecule has 0 radical (unpaired) electrons. The number of morpholine rings is 1. The van der Waals surface area contributed by atoms with E-state index in [-0.39, 0.29) is 16.8 Å². The Balaban J connectivity index is 1.49. The smallest absolute Gasteiger partial charge is 0.338 e. The Labute approximate surface area is 247 Å². The van der Waals surface area contributed by atoms with E-state index in [4.69, 9.17) is 9.47 Å². The molecule has 3 aromatic rings. The summed E-state index contributed by atoms with van der Waals surface area (Å²) in [4.78, 5) is 27.7. The van der Waals surface area contributed by atoms with Gasteiger partial charge in [0, 0.05) is 47.8 Å². The van der Waals surface area contributed by atoms with E-state index in [2.05, 4.69) is 4.57 Å². The maximum Gasteiger partial charge on any atom is 0.338 e. The summed E-state index contributed by atoms with van der Waals surface area (Å²) in [6.45, 7) is 10.1. The number of unbranched alkanes of at least 4 members (excludes halogenated alkanes) is 1. The third-order valence-electron chi connectivity index (χ3n) is 7.81. The van der Waals surface area contributed by atoms with Crippen molar-refractivity contribution in [3.05, 3.63) is 76.6 Å². The summed E-state index contributed by atoms with van der Waals surface area (Å²) < 4.78 is 40.9. The van der Waals surface area contributed by atoms with Crippen LogP contribution in [0.3, 0.4) is 0 Å². The lowest BCUT2D eigenvalue weighted by atomic mass is 10.0. The molecule has 0 N–H and O–H groups in total. The van der Waals surface area contributed by atoms with Crippen LogP contribution in [-0.2, 0) is 24.3 Å². The average molecular weight is 592 g/mol. The first kappa shape index (κ1) is 29.8. The summed E-state index contributed by atoms with van der Waals surface area (Å²) in [5.41, 5.74) is 5.86. The fourth-order valence-electron chi connectivity index (χ4n) is 5.51. The van der Waals surface area contributed by atoms with Crippen molar-refractivity contribution in [1.82, 2.24) is 8.87 Å². The van der Waals surface area contributed by atoms with Gasteiger partial charge < -0.3 is 18.9 Å². The highest BCUT2D eigenvalue weighted by Gasteiger charge is 2.34. The maximum absolute atomic E-state index is 13.6. The number of fused-ring (bicyclic) bond motifs is 1. The molecule has 0 aliphatic carbocycles. The number of anilines is 1. The summed E-state index contributed by atoms with van der Waals surface area (Å²) in [7, 11) is -3.73. The van der Waals surface area contributed by atoms with Crippen LogP contribution in [0.5, 0.6) is 0 Å². The summed E-state index contributed by atoms with van der Waals surface area (Å²) in [5.74, 6) is -0.501. The van der Waals surface area contributed by atoms with Gasteiger partial charge in [-0.1, -0.05) is 13.3 Å². The van der Waals surface area contributed by atoms with Gasteiger partial charge in [0.05, 0.1) is 36.0 Å². The SMILES string of the molecule is CCCCOC(=O)c1ccc(-n2c(C)cc(/C=C3/C(=O)N(CC)c4ccc(S(=O)(=O)N5CCOCC5)cc43)c2C)cc1. The minimum atomic E-state index is -3.73. The van der Waals surface area contributed by atoms with Crippen LogP contribution in [0.1, 0.15) is 59.6 Å². The highest BCUT2D eigenvalue weighted by Crippen LogP contribution is 2.40. The molecule has 5 rings (SSSR count). The number of nitrogens with zero attached hydrogens (tertiary/aromatic N) is 3. The third kappa shape index (κ3) is 5.54. The molecule has 42 heavy (non-hydrogen) atoms. The zero-order valence-electron chi connectivity index (χ0n) is 24.6. The van der Waals surface area contributed by atoms with Gasteiger partial charge in [0.1, 0.15) is 0 Å². The molecule has 10 heteroatoms. The van der Waals surface area contributed by atoms with E-state index in [1.165, 1.54) is 4.31 Å². The fraction of sp³-hybridized carbons (Fsp3) is 0.375. The van der Waals surface area contributed by atoms with Gasteiger partial charge in [0.2, 0.25) is 10.0 Å². The van der Waals surface area contributed by atoms with E-state index in [9.17, 15) is 18.0 Å². The highest BCUT2D eigenvalue weighted by atomic mass is 32.2. The van der Waals surface area contributed by atoms with Gasteiger partial charge in [0.25, 0.3) is 5.91 Å². The van der Waals surface area contributed by atoms with Gasteiger partial charge in [-0.3, -0.25) is 4.79 Å². The monoisotopic (exact) mass is 591 g/mol. The number of likely N-dealkylation sites (N-methyl/N-ethyl adjacent to an activating group) is 1. The van der Waals surface area contributed by atoms with Crippen molar-refractivity contribution in [1.29, 1.82) is 0 Å². The number of sulfonamides is 1. The molecule has 0 saturated carbocycles. The predicted octanol–water partition coefficient (Wildman–Crippen LogP) is 4.98. The second-order valence-corrected chi connectivity index (χ2v) is 12.4. The molecule has 2 aromatic carbocycles. The molecule has 1 amide bonds. The molecule has 222 valence electrons. The number of aryl methyl sites for hydroxylation is 1. The molecule has 2 aliphatic rings. The summed E-state index contributed by atoms with van der Waals surface area (Å²) in [5, 5.41) is 0. The first-order valence-corrected chi connectivity index (χ1v) is 15.8. The van der Waals surface area contributed by atoms with E-state index >= 15 is 0 Å². The molecular weight excluding hydrogens is 554 g/mol. The Kier molecular flexibility index (Phi) is 8.68. The lowest BCUT2D eigenvalue weighted by molar-refractivity contribution is -0.112. The molecule has 2 aliphatic heterocycles. The zero-order valence-corrected chi connectivity index (χ0v) is 25.4. The molecule has 1 saturated heterocycles. The van der Waals surface area contributed by atoms with Gasteiger partial charge in [0.15, 0.2) is 0 Å². The van der Waals surface area contributed by atoms with Crippen LogP contribution in [0.15, 0.2) is 53.4 Å². The number of aromatic nitrogens is 1. The van der Waals surface area contributed by atoms with Gasteiger partial charge >= 0.3 is 5.97 Å². The molecular formula is C32H37N3O6S. The van der Waals surface area contributed by atoms with Crippen molar-refractivity contribution in [2.45, 2.75) is 45.4 Å². The number of ether oxygens (including phenoxy) is 2. The van der Waals surface area contributed by atoms with Crippen molar-refractivity contribution in [3.8, 4) is 5.69 Å². The number of hydrogen-bond donors (Lipinski definition) is 0. The quantitative estimate of drug-likeness (QED) is 0.198. The Hall–Kier alpha value is -3.73. The van der Waals surface area contributed by atoms with Gasteiger partial charge in [-0.15, -0.1) is 0 Å². The lowest BCUT2D eigenvalue weighted by Gasteiger charge is -2.26. The largest absolute Gasteiger partial charge is 0.462 e. The van der Waals surface area contributed by atoms with Gasteiger partial charge in [-0.05, 0) is 87.4 Å². The molecule has 0 atom stereocenters. The molecule has 0 unspecified atom stereocenters. The van der Waals surface area contributed by atoms with E-state index < -0.39 is 10.0 Å². The number of carbonyl (C=O) groups is 2. The van der Waals surface area contributed by atoms with E-state index in [0.717, 1.165) is 35.5 Å². The Morgan fingerprint density at radius 2 is 1.74 bits per heavy atom. The molecule has 0 bridgehead atoms. The highest BCUT2D eigenvalue weighted by molar-refractivity contribution is 7.89. The average Bonchev–Trinajstić information content (AvgIpc) is 3.43. The Bertz CT molecular complexity index is 1630. The van der Waals surface area contributed by atoms with Crippen molar-refractivity contribution >= 4 is 39.2 Å². The number of amides is 1. The second-order valence-electron chi connectivity index (χ2n) is 10.5. The van der Waals surface area contributed by atoms with E-state index in [1.807, 2.05) is 52.0 Å². The minimum absolute atomic E-state index is 0.163. The topological polar surface area (TPSA) is 98.2 Å². The van der Waals surface area contributed by atoms with E-state index in [1.54, 1.807) is 35.2 Å². The first-order valence-electron chi connectivity index (χ1n) is 14.4. The maximum atomic E-state index is 13.6. The molecule has 1 aromatic heterocycles. The van der Waals surface area contributed by atoms with Crippen molar-refractivity contribution < 1.29 is 27.5 Å². The normalized spacial score (nSPS) is 16.7. The summed E-state index contributed by atoms with van der Waals surface area (Å²) in [6.07, 6.45) is 3.64. The van der Waals surface area contributed by atoms with Gasteiger partial charge in [-0.25, -0.2) is 13.2 Å². The summed E-state index contributed by atoms with van der Waals surface area (Å²) in [6, 6.07) is 14.2. The number of carbonyl (C=O) groups excluding carboxylic acids is 2. The van der Waals surface area contributed by atoms with Crippen LogP contribution in [0.25, 0.3) is 17.3 Å². The Morgan fingerprint density at radius 3 is 2.40 bits per heavy atom. The first-order chi connectivity index (χ1) is 20.2. The van der Waals surface area contributed by atoms with Crippen LogP contribution in [0.2, 0.25) is 0 Å². The minimum Gasteiger partial charge on any atom is -0.462 e. The van der Waals surface area contributed by atoms with Crippen LogP contribution in [0, 0.1) is 13.8 Å². The number of hydrogen-bond acceptors (Lipinski definition) is 6. The van der Waals surface area contributed by atoms with Crippen LogP contribution in [-0.4, -0.2) is 68.6 Å². The van der Waals surface area contributed by atoms with Crippen molar-refractivity contribution in [3.63, 3.8) is 0 Å². The Morgan fingerprint density at radius 1 is 1.02 bits per heavy atom. The van der Waals surface area contributed by atoms with Crippen molar-refractivity contribution in [2.24, 2.45) is 0 Å². The molecule has 9 nitrogen and oxygen atoms in total. The predicted molar refractivity (Wildman–Crippen MR) is 162 cm³/mol.